The summed E-state index contributed by atoms with van der Waals surface area (Å²) in [7, 11) is 0. The van der Waals surface area contributed by atoms with Gasteiger partial charge < -0.3 is 15.0 Å². The van der Waals surface area contributed by atoms with Crippen molar-refractivity contribution in [1.82, 2.24) is 5.32 Å². The predicted octanol–water partition coefficient (Wildman–Crippen LogP) is 2.37. The molecule has 1 aliphatic heterocycles. The smallest absolute Gasteiger partial charge is 0.252 e. The van der Waals surface area contributed by atoms with Crippen LogP contribution in [0.1, 0.15) is 22.0 Å². The van der Waals surface area contributed by atoms with Crippen molar-refractivity contribution in [3.05, 3.63) is 83.7 Å². The van der Waals surface area contributed by atoms with Crippen molar-refractivity contribution in [2.45, 2.75) is 6.04 Å². The molecule has 3 aromatic rings. The Kier molecular flexibility index (Phi) is 5.65. The van der Waals surface area contributed by atoms with Crippen LogP contribution >= 0.6 is 0 Å². The van der Waals surface area contributed by atoms with Crippen LogP contribution in [-0.2, 0) is 4.74 Å². The average Bonchev–Trinajstić information content (AvgIpc) is 2.75. The lowest BCUT2D eigenvalue weighted by Crippen LogP contribution is -3.15. The molecule has 0 bridgehead atoms. The van der Waals surface area contributed by atoms with E-state index in [0.29, 0.717) is 25.3 Å². The summed E-state index contributed by atoms with van der Waals surface area (Å²) in [5.41, 5.74) is 1.70. The first-order valence-corrected chi connectivity index (χ1v) is 9.66. The van der Waals surface area contributed by atoms with E-state index in [4.69, 9.17) is 4.74 Å². The van der Waals surface area contributed by atoms with Crippen LogP contribution in [0.2, 0.25) is 0 Å². The van der Waals surface area contributed by atoms with Crippen LogP contribution in [0.5, 0.6) is 0 Å². The lowest BCUT2D eigenvalue weighted by molar-refractivity contribution is -0.937. The highest BCUT2D eigenvalue weighted by molar-refractivity contribution is 6.07. The SMILES string of the molecule is O=C(NC[C@H](c1ccc(F)cc1)[NH+]1CCOCC1)c1cccc2ccccc12. The van der Waals surface area contributed by atoms with Crippen molar-refractivity contribution in [3.63, 3.8) is 0 Å². The van der Waals surface area contributed by atoms with E-state index in [-0.39, 0.29) is 17.8 Å². The fourth-order valence-corrected chi connectivity index (χ4v) is 3.89. The third-order valence-corrected chi connectivity index (χ3v) is 5.40. The number of quaternary nitrogens is 1. The first-order valence-electron chi connectivity index (χ1n) is 9.66. The van der Waals surface area contributed by atoms with Gasteiger partial charge in [-0.15, -0.1) is 0 Å². The molecular weight excluding hydrogens is 355 g/mol. The van der Waals surface area contributed by atoms with Gasteiger partial charge in [0.1, 0.15) is 24.9 Å². The quantitative estimate of drug-likeness (QED) is 0.715. The fourth-order valence-electron chi connectivity index (χ4n) is 3.89. The zero-order valence-electron chi connectivity index (χ0n) is 15.7. The summed E-state index contributed by atoms with van der Waals surface area (Å²) in [5.74, 6) is -0.337. The summed E-state index contributed by atoms with van der Waals surface area (Å²) < 4.78 is 18.9. The molecule has 0 unspecified atom stereocenters. The summed E-state index contributed by atoms with van der Waals surface area (Å²) in [5, 5.41) is 5.10. The van der Waals surface area contributed by atoms with Gasteiger partial charge in [-0.3, -0.25) is 4.79 Å². The van der Waals surface area contributed by atoms with Crippen LogP contribution in [0.15, 0.2) is 66.7 Å². The number of hydrogen-bond donors (Lipinski definition) is 2. The van der Waals surface area contributed by atoms with E-state index in [2.05, 4.69) is 5.32 Å². The Balaban J connectivity index is 1.54. The molecule has 1 atom stereocenters. The lowest BCUT2D eigenvalue weighted by atomic mass is 10.0. The molecular formula is C23H24FN2O2+. The maximum atomic E-state index is 13.4. The second-order valence-electron chi connectivity index (χ2n) is 7.11. The fraction of sp³-hybridized carbons (Fsp3) is 0.261. The molecule has 3 aromatic carbocycles. The summed E-state index contributed by atoms with van der Waals surface area (Å²) in [6.07, 6.45) is 0. The number of hydrogen-bond acceptors (Lipinski definition) is 2. The molecule has 2 N–H and O–H groups in total. The molecule has 4 rings (SSSR count). The lowest BCUT2D eigenvalue weighted by Gasteiger charge is -2.32. The van der Waals surface area contributed by atoms with Gasteiger partial charge in [0.05, 0.1) is 19.8 Å². The van der Waals surface area contributed by atoms with E-state index in [1.807, 2.05) is 54.6 Å². The molecule has 1 aliphatic rings. The van der Waals surface area contributed by atoms with E-state index in [1.54, 1.807) is 0 Å². The highest BCUT2D eigenvalue weighted by atomic mass is 19.1. The molecule has 1 saturated heterocycles. The number of halogens is 1. The summed E-state index contributed by atoms with van der Waals surface area (Å²) in [6.45, 7) is 3.62. The maximum Gasteiger partial charge on any atom is 0.252 e. The van der Waals surface area contributed by atoms with Crippen LogP contribution in [0, 0.1) is 5.82 Å². The summed E-state index contributed by atoms with van der Waals surface area (Å²) in [6, 6.07) is 20.3. The molecule has 0 saturated carbocycles. The highest BCUT2D eigenvalue weighted by Gasteiger charge is 2.27. The standard InChI is InChI=1S/C23H23FN2O2/c24-19-10-8-18(9-11-19)22(26-12-14-28-15-13-26)16-25-23(27)21-7-3-5-17-4-1-2-6-20(17)21/h1-11,22H,12-16H2,(H,25,27)/p+1/t22-/m1/s1. The van der Waals surface area contributed by atoms with Crippen molar-refractivity contribution in [2.24, 2.45) is 0 Å². The number of nitrogens with one attached hydrogen (secondary N) is 2. The molecule has 1 heterocycles. The van der Waals surface area contributed by atoms with Gasteiger partial charge in [-0.25, -0.2) is 4.39 Å². The predicted molar refractivity (Wildman–Crippen MR) is 107 cm³/mol. The zero-order valence-corrected chi connectivity index (χ0v) is 15.7. The Morgan fingerprint density at radius 1 is 1.00 bits per heavy atom. The van der Waals surface area contributed by atoms with Crippen molar-refractivity contribution < 1.29 is 18.8 Å². The van der Waals surface area contributed by atoms with Gasteiger partial charge in [-0.05, 0) is 29.0 Å². The second kappa shape index (κ2) is 8.50. The molecule has 28 heavy (non-hydrogen) atoms. The zero-order chi connectivity index (χ0) is 19.3. The molecule has 1 amide bonds. The van der Waals surface area contributed by atoms with Crippen LogP contribution in [0.3, 0.4) is 0 Å². The molecule has 144 valence electrons. The van der Waals surface area contributed by atoms with Crippen LogP contribution in [0.4, 0.5) is 4.39 Å². The second-order valence-corrected chi connectivity index (χ2v) is 7.11. The largest absolute Gasteiger partial charge is 0.370 e. The molecule has 1 fully saturated rings. The van der Waals surface area contributed by atoms with Gasteiger partial charge in [-0.1, -0.05) is 48.5 Å². The molecule has 0 aliphatic carbocycles. The van der Waals surface area contributed by atoms with Gasteiger partial charge >= 0.3 is 0 Å². The first-order chi connectivity index (χ1) is 13.7. The van der Waals surface area contributed by atoms with Crippen molar-refractivity contribution in [1.29, 1.82) is 0 Å². The maximum absolute atomic E-state index is 13.4. The molecule has 0 spiro atoms. The van der Waals surface area contributed by atoms with Gasteiger partial charge in [0.25, 0.3) is 5.91 Å². The van der Waals surface area contributed by atoms with Crippen molar-refractivity contribution >= 4 is 16.7 Å². The van der Waals surface area contributed by atoms with Crippen LogP contribution in [-0.4, -0.2) is 38.8 Å². The summed E-state index contributed by atoms with van der Waals surface area (Å²) >= 11 is 0. The first kappa shape index (κ1) is 18.6. The van der Waals surface area contributed by atoms with Gasteiger partial charge in [-0.2, -0.15) is 0 Å². The van der Waals surface area contributed by atoms with E-state index in [1.165, 1.54) is 17.0 Å². The third kappa shape index (κ3) is 4.06. The average molecular weight is 379 g/mol. The number of carbonyl (C=O) groups excluding carboxylic acids is 1. The number of carbonyl (C=O) groups is 1. The number of ether oxygens (including phenoxy) is 1. The van der Waals surface area contributed by atoms with Crippen molar-refractivity contribution in [2.75, 3.05) is 32.8 Å². The normalized spacial score (nSPS) is 16.0. The van der Waals surface area contributed by atoms with E-state index >= 15 is 0 Å². The Morgan fingerprint density at radius 3 is 2.50 bits per heavy atom. The summed E-state index contributed by atoms with van der Waals surface area (Å²) in [4.78, 5) is 14.3. The number of rotatable bonds is 5. The van der Waals surface area contributed by atoms with E-state index in [0.717, 1.165) is 29.4 Å². The minimum absolute atomic E-state index is 0.0587. The Morgan fingerprint density at radius 2 is 1.71 bits per heavy atom. The number of fused-ring (bicyclic) bond motifs is 1. The number of benzene rings is 3. The Hall–Kier alpha value is -2.76. The van der Waals surface area contributed by atoms with Gasteiger partial charge in [0, 0.05) is 11.1 Å². The Bertz CT molecular complexity index is 947. The number of morpholine rings is 1. The van der Waals surface area contributed by atoms with Crippen LogP contribution < -0.4 is 10.2 Å². The minimum Gasteiger partial charge on any atom is -0.370 e. The monoisotopic (exact) mass is 379 g/mol. The highest BCUT2D eigenvalue weighted by Crippen LogP contribution is 2.18. The van der Waals surface area contributed by atoms with E-state index in [9.17, 15) is 9.18 Å². The molecule has 0 aromatic heterocycles. The molecule has 5 heteroatoms. The van der Waals surface area contributed by atoms with Crippen molar-refractivity contribution in [3.8, 4) is 0 Å². The van der Waals surface area contributed by atoms with Gasteiger partial charge in [0.15, 0.2) is 0 Å². The molecule has 4 nitrogen and oxygen atoms in total. The van der Waals surface area contributed by atoms with E-state index < -0.39 is 0 Å². The minimum atomic E-state index is -0.251. The third-order valence-electron chi connectivity index (χ3n) is 5.40. The topological polar surface area (TPSA) is 42.8 Å². The number of amides is 1. The Labute approximate surface area is 163 Å². The molecule has 0 radical (unpaired) electrons. The van der Waals surface area contributed by atoms with Gasteiger partial charge in [0.2, 0.25) is 0 Å². The van der Waals surface area contributed by atoms with Crippen LogP contribution in [0.25, 0.3) is 10.8 Å².